The molecular formula is C66H81N15O13S. The van der Waals surface area contributed by atoms with Crippen LogP contribution in [0.5, 0.6) is 0 Å². The lowest BCUT2D eigenvalue weighted by Crippen LogP contribution is -2.51. The molecule has 1 aromatic carbocycles. The second-order valence-electron chi connectivity index (χ2n) is 24.8. The van der Waals surface area contributed by atoms with Gasteiger partial charge in [-0.05, 0) is 127 Å². The zero-order chi connectivity index (χ0) is 68.7. The standard InChI is InChI=1S/C66H81N15O13S/c1-10-41-33(4)43-27-48-53(37(8)82)35(6)45(76-48)25-44-34(5)42(57(78-44)55-56(65(90)94-9)60(86)54-36(7)46(79-58(54)55)26-47(41)75-43)19-21-50(83)68-22-12-11-13-31(2)73-63(88)49(28-52(85)69-23-24-95(91,92)93)77-51(84)20-14-32(3)72-62(87)38-15-17-39(18-16-38)70-29-40-30-71-61-59(74-40)64(89)81-66(67)80-61/h15-18,25-27,30-34,41-42,49,56,70,76,79H,10-14,19-24,28-29H2,1-9H3,(H,68,83)(H,69,85)(H,72,87)(H,73,88)(H,77,84)(H,91,92,93)(H3,67,71,80,81,89)/t31-,32-,33-,34+,41-,42+,49+,56?/m1/s1. The highest BCUT2D eigenvalue weighted by Gasteiger charge is 2.46. The van der Waals surface area contributed by atoms with E-state index in [9.17, 15) is 56.1 Å². The van der Waals surface area contributed by atoms with Gasteiger partial charge in [0, 0.05) is 118 Å². The van der Waals surface area contributed by atoms with E-state index < -0.39 is 99.7 Å². The van der Waals surface area contributed by atoms with Crippen molar-refractivity contribution >= 4 is 102 Å². The number of ether oxygens (including phenoxy) is 1. The Balaban J connectivity index is 0.800. The monoisotopic (exact) mass is 1320 g/mol. The van der Waals surface area contributed by atoms with Gasteiger partial charge in [-0.1, -0.05) is 20.8 Å². The highest BCUT2D eigenvalue weighted by atomic mass is 32.2. The molecule has 8 atom stereocenters. The van der Waals surface area contributed by atoms with E-state index in [4.69, 9.17) is 20.4 Å². The summed E-state index contributed by atoms with van der Waals surface area (Å²) in [7, 11) is -3.17. The molecule has 7 heterocycles. The average molecular weight is 1320 g/mol. The molecule has 2 aliphatic heterocycles. The number of hydrogen-bond donors (Lipinski definition) is 11. The Hall–Kier alpha value is -9.77. The Morgan fingerprint density at radius 1 is 0.758 bits per heavy atom. The SMILES string of the molecule is CC[C@H]1c2cc3[nH]c4c(c3C)C(=O)C(C(=O)OC)c4c3nc(cc4[nH]c(cc(n2)[C@@H]1C)c(C(C)=O)c4C)[C@@H](C)[C@@H]3CCC(=O)NCCCC[C@@H](C)NC(=O)[C@H](CC(=O)NCCS(=O)(=O)O)NC(=O)CC[C@@H](C)NC(=O)c1ccc(NCc2cnc3nc(N)[nH]c(=O)c3n2)cc1. The van der Waals surface area contributed by atoms with Crippen LogP contribution in [0, 0.1) is 13.8 Å². The number of nitrogens with two attached hydrogens (primary N) is 1. The van der Waals surface area contributed by atoms with E-state index in [1.165, 1.54) is 20.2 Å². The third kappa shape index (κ3) is 16.2. The predicted octanol–water partition coefficient (Wildman–Crippen LogP) is 6.04. The number of nitrogens with zero attached hydrogens (tertiary/aromatic N) is 5. The number of ketones is 2. The molecule has 3 aliphatic rings. The minimum atomic E-state index is -4.41. The van der Waals surface area contributed by atoms with Crippen LogP contribution in [0.3, 0.4) is 0 Å². The molecule has 95 heavy (non-hydrogen) atoms. The van der Waals surface area contributed by atoms with Crippen molar-refractivity contribution in [3.8, 4) is 0 Å². The first-order chi connectivity index (χ1) is 45.1. The number of methoxy groups -OCH3 is 1. The minimum absolute atomic E-state index is 0.0218. The van der Waals surface area contributed by atoms with Crippen LogP contribution < -0.4 is 43.2 Å². The van der Waals surface area contributed by atoms with Crippen LogP contribution in [0.1, 0.15) is 205 Å². The summed E-state index contributed by atoms with van der Waals surface area (Å²) in [5, 5.41) is 16.8. The second-order valence-corrected chi connectivity index (χ2v) is 26.3. The molecule has 8 bridgehead atoms. The third-order valence-electron chi connectivity index (χ3n) is 17.9. The van der Waals surface area contributed by atoms with Crippen molar-refractivity contribution in [2.75, 3.05) is 37.0 Å². The second kappa shape index (κ2) is 29.7. The van der Waals surface area contributed by atoms with Gasteiger partial charge in [0.05, 0.1) is 54.4 Å². The highest BCUT2D eigenvalue weighted by molar-refractivity contribution is 7.85. The molecule has 504 valence electrons. The first kappa shape index (κ1) is 69.6. The normalized spacial score (nSPS) is 17.5. The third-order valence-corrected chi connectivity index (χ3v) is 18.6. The van der Waals surface area contributed by atoms with Gasteiger partial charge in [-0.3, -0.25) is 62.7 Å². The summed E-state index contributed by atoms with van der Waals surface area (Å²) in [5.41, 5.74) is 14.5. The van der Waals surface area contributed by atoms with E-state index in [1.807, 2.05) is 39.0 Å². The number of esters is 1. The number of unbranched alkanes of at least 4 members (excludes halogenated alkanes) is 1. The summed E-state index contributed by atoms with van der Waals surface area (Å²) in [4.78, 5) is 153. The summed E-state index contributed by atoms with van der Waals surface area (Å²) in [6, 6.07) is 9.97. The molecule has 28 nitrogen and oxygen atoms in total. The fraction of sp³-hybridized carbons (Fsp3) is 0.455. The molecule has 6 aromatic rings. The van der Waals surface area contributed by atoms with Crippen molar-refractivity contribution < 1.29 is 56.1 Å². The number of fused-ring (bicyclic) bond motifs is 9. The fourth-order valence-corrected chi connectivity index (χ4v) is 13.1. The number of carbonyl (C=O) groups is 8. The Labute approximate surface area is 547 Å². The van der Waals surface area contributed by atoms with Crippen LogP contribution in [-0.4, -0.2) is 144 Å². The average Bonchev–Trinajstić information content (AvgIpc) is 1.56. The lowest BCUT2D eigenvalue weighted by Gasteiger charge is -2.22. The van der Waals surface area contributed by atoms with Gasteiger partial charge in [-0.15, -0.1) is 0 Å². The van der Waals surface area contributed by atoms with Gasteiger partial charge in [0.1, 0.15) is 12.0 Å². The highest BCUT2D eigenvalue weighted by Crippen LogP contribution is 2.48. The summed E-state index contributed by atoms with van der Waals surface area (Å²) in [6.07, 6.45) is 3.50. The Bertz CT molecular complexity index is 4370. The van der Waals surface area contributed by atoms with Gasteiger partial charge in [0.25, 0.3) is 21.6 Å². The molecular weight excluding hydrogens is 1240 g/mol. The molecule has 1 aliphatic carbocycles. The number of aromatic nitrogens is 8. The lowest BCUT2D eigenvalue weighted by molar-refractivity contribution is -0.141. The van der Waals surface area contributed by atoms with Crippen molar-refractivity contribution in [3.63, 3.8) is 0 Å². The van der Waals surface area contributed by atoms with E-state index in [0.717, 1.165) is 23.4 Å². The van der Waals surface area contributed by atoms with Gasteiger partial charge in [0.15, 0.2) is 22.7 Å². The molecule has 0 saturated carbocycles. The number of anilines is 2. The summed E-state index contributed by atoms with van der Waals surface area (Å²) < 4.78 is 37.1. The first-order valence-electron chi connectivity index (χ1n) is 31.8. The van der Waals surface area contributed by atoms with Crippen LogP contribution in [0.4, 0.5) is 11.6 Å². The van der Waals surface area contributed by atoms with Gasteiger partial charge in [-0.2, -0.15) is 13.4 Å². The van der Waals surface area contributed by atoms with E-state index in [1.54, 1.807) is 38.1 Å². The number of rotatable bonds is 27. The molecule has 0 saturated heterocycles. The van der Waals surface area contributed by atoms with E-state index in [-0.39, 0.29) is 85.3 Å². The van der Waals surface area contributed by atoms with E-state index >= 15 is 0 Å². The van der Waals surface area contributed by atoms with Crippen LogP contribution in [0.25, 0.3) is 33.2 Å². The van der Waals surface area contributed by atoms with Gasteiger partial charge in [-0.25, -0.2) is 9.97 Å². The largest absolute Gasteiger partial charge is 0.468 e. The maximum atomic E-state index is 14.5. The maximum Gasteiger partial charge on any atom is 0.321 e. The number of benzene rings is 1. The molecule has 5 amide bonds. The fourth-order valence-electron chi connectivity index (χ4n) is 12.7. The van der Waals surface area contributed by atoms with Crippen molar-refractivity contribution in [2.45, 2.75) is 167 Å². The lowest BCUT2D eigenvalue weighted by atomic mass is 9.84. The van der Waals surface area contributed by atoms with Crippen molar-refractivity contribution in [1.29, 1.82) is 0 Å². The number of nitrogen functional groups attached to an aromatic ring is 1. The maximum absolute atomic E-state index is 14.5. The Kier molecular flexibility index (Phi) is 21.7. The quantitative estimate of drug-likeness (QED) is 0.00920. The summed E-state index contributed by atoms with van der Waals surface area (Å²) in [5.74, 6) is -6.86. The zero-order valence-corrected chi connectivity index (χ0v) is 55.3. The number of H-pyrrole nitrogens is 3. The number of nitrogens with one attached hydrogen (secondary N) is 9. The van der Waals surface area contributed by atoms with Gasteiger partial charge < -0.3 is 52.3 Å². The number of carbonyl (C=O) groups excluding carboxylic acids is 8. The first-order valence-corrected chi connectivity index (χ1v) is 33.4. The topological polar surface area (TPSA) is 427 Å². The van der Waals surface area contributed by atoms with Crippen molar-refractivity contribution in [2.24, 2.45) is 0 Å². The molecule has 5 aromatic heterocycles. The summed E-state index contributed by atoms with van der Waals surface area (Å²) in [6.45, 7) is 14.9. The van der Waals surface area contributed by atoms with Crippen LogP contribution in [0.2, 0.25) is 0 Å². The predicted molar refractivity (Wildman–Crippen MR) is 354 cm³/mol. The zero-order valence-electron chi connectivity index (χ0n) is 54.5. The smallest absolute Gasteiger partial charge is 0.321 e. The molecule has 1 unspecified atom stereocenters. The Morgan fingerprint density at radius 3 is 2.14 bits per heavy atom. The number of aryl methyl sites for hydroxylation is 2. The van der Waals surface area contributed by atoms with Gasteiger partial charge in [0.2, 0.25) is 29.6 Å². The van der Waals surface area contributed by atoms with Crippen molar-refractivity contribution in [1.82, 2.24) is 66.5 Å². The number of aromatic amines is 3. The molecule has 0 radical (unpaired) electrons. The molecule has 29 heteroatoms. The number of amides is 5. The van der Waals surface area contributed by atoms with Crippen LogP contribution in [-0.2, 0) is 45.4 Å². The summed E-state index contributed by atoms with van der Waals surface area (Å²) >= 11 is 0. The number of Topliss-reactive ketones (excluding diaryl/α,β-unsaturated/α-hetero) is 2. The Morgan fingerprint density at radius 2 is 1.43 bits per heavy atom. The van der Waals surface area contributed by atoms with Crippen molar-refractivity contribution in [3.05, 3.63) is 121 Å². The van der Waals surface area contributed by atoms with Crippen LogP contribution >= 0.6 is 0 Å². The molecule has 0 fully saturated rings. The van der Waals surface area contributed by atoms with E-state index in [2.05, 4.69) is 75.7 Å². The molecule has 9 rings (SSSR count). The molecule has 12 N–H and O–H groups in total. The number of hydrogen-bond acceptors (Lipinski definition) is 19. The van der Waals surface area contributed by atoms with E-state index in [0.29, 0.717) is 91.9 Å². The van der Waals surface area contributed by atoms with Crippen LogP contribution in [0.15, 0.2) is 53.5 Å². The van der Waals surface area contributed by atoms with Gasteiger partial charge >= 0.3 is 5.97 Å². The molecule has 0 spiro atoms. The minimum Gasteiger partial charge on any atom is -0.468 e.